The number of urea groups is 1. The van der Waals surface area contributed by atoms with E-state index in [1.165, 1.54) is 21.9 Å². The van der Waals surface area contributed by atoms with Gasteiger partial charge in [0.05, 0.1) is 26.7 Å². The van der Waals surface area contributed by atoms with Gasteiger partial charge >= 0.3 is 18.0 Å². The number of carbonyl (C=O) groups excluding carboxylic acids is 4. The van der Waals surface area contributed by atoms with Crippen LogP contribution in [0, 0.1) is 5.41 Å². The molecule has 3 amide bonds. The first-order valence-corrected chi connectivity index (χ1v) is 14.1. The van der Waals surface area contributed by atoms with Crippen molar-refractivity contribution in [3.63, 3.8) is 0 Å². The van der Waals surface area contributed by atoms with Crippen LogP contribution < -0.4 is 15.1 Å². The highest BCUT2D eigenvalue weighted by atomic mass is 35.5. The van der Waals surface area contributed by atoms with E-state index in [1.807, 2.05) is 0 Å². The highest BCUT2D eigenvalue weighted by Gasteiger charge is 2.36. The standard InChI is InChI=1S/C31H31Cl2N3O7/c1-31(2,3)29(40)43-17-42-28(39)23(34-26(37)25-21(32)9-7-10-22(25)33)16-18-12-14-19(15-13-18)36-27(38)20-8-5-6-11-24(20)35(4)30(36)41/h5-15,23,27,38H,16-17H2,1-4H3,(H,34,37)/t23-,27?/m0/s1. The molecule has 3 aromatic rings. The van der Waals surface area contributed by atoms with Gasteiger partial charge in [-0.05, 0) is 56.7 Å². The van der Waals surface area contributed by atoms with Crippen LogP contribution in [-0.2, 0) is 25.5 Å². The van der Waals surface area contributed by atoms with Crippen molar-refractivity contribution < 1.29 is 33.8 Å². The Morgan fingerprint density at radius 3 is 2.21 bits per heavy atom. The minimum Gasteiger partial charge on any atom is -0.427 e. The van der Waals surface area contributed by atoms with E-state index < -0.39 is 48.4 Å². The Bertz CT molecular complexity index is 1520. The summed E-state index contributed by atoms with van der Waals surface area (Å²) >= 11 is 12.4. The summed E-state index contributed by atoms with van der Waals surface area (Å²) in [6, 6.07) is 16.5. The van der Waals surface area contributed by atoms with Gasteiger partial charge in [0, 0.05) is 24.7 Å². The molecule has 1 unspecified atom stereocenters. The maximum absolute atomic E-state index is 13.1. The molecule has 2 atom stereocenters. The van der Waals surface area contributed by atoms with Gasteiger partial charge in [-0.2, -0.15) is 0 Å². The van der Waals surface area contributed by atoms with Crippen molar-refractivity contribution in [2.24, 2.45) is 5.41 Å². The van der Waals surface area contributed by atoms with Crippen LogP contribution in [0.15, 0.2) is 66.7 Å². The van der Waals surface area contributed by atoms with Gasteiger partial charge in [-0.25, -0.2) is 9.59 Å². The lowest BCUT2D eigenvalue weighted by Crippen LogP contribution is -2.48. The molecule has 2 N–H and O–H groups in total. The van der Waals surface area contributed by atoms with E-state index in [0.717, 1.165) is 0 Å². The Kier molecular flexibility index (Phi) is 9.64. The number of nitrogens with zero attached hydrogens (tertiary/aromatic N) is 2. The van der Waals surface area contributed by atoms with Gasteiger partial charge in [0.1, 0.15) is 6.04 Å². The molecule has 0 aromatic heterocycles. The maximum atomic E-state index is 13.1. The second-order valence-corrected chi connectivity index (χ2v) is 11.7. The van der Waals surface area contributed by atoms with Crippen LogP contribution >= 0.6 is 23.2 Å². The van der Waals surface area contributed by atoms with E-state index in [-0.39, 0.29) is 22.0 Å². The smallest absolute Gasteiger partial charge is 0.331 e. The Hall–Kier alpha value is -4.12. The largest absolute Gasteiger partial charge is 0.427 e. The van der Waals surface area contributed by atoms with Crippen molar-refractivity contribution in [1.82, 2.24) is 5.32 Å². The minimum absolute atomic E-state index is 0.0138. The number of nitrogens with one attached hydrogen (secondary N) is 1. The number of ether oxygens (including phenoxy) is 2. The molecule has 43 heavy (non-hydrogen) atoms. The van der Waals surface area contributed by atoms with Crippen LogP contribution in [0.1, 0.15) is 48.5 Å². The normalized spacial score (nSPS) is 15.4. The minimum atomic E-state index is -1.22. The molecule has 0 spiro atoms. The summed E-state index contributed by atoms with van der Waals surface area (Å²) in [5.74, 6) is -2.13. The van der Waals surface area contributed by atoms with Crippen molar-refractivity contribution in [3.8, 4) is 0 Å². The summed E-state index contributed by atoms with van der Waals surface area (Å²) in [6.07, 6.45) is -1.23. The molecule has 0 fully saturated rings. The molecule has 1 aliphatic heterocycles. The molecule has 1 aliphatic rings. The number of amides is 3. The highest BCUT2D eigenvalue weighted by Crippen LogP contribution is 2.37. The zero-order valence-corrected chi connectivity index (χ0v) is 25.5. The number of halogens is 2. The van der Waals surface area contributed by atoms with Gasteiger partial charge in [0.15, 0.2) is 6.23 Å². The van der Waals surface area contributed by atoms with Crippen LogP contribution in [0.5, 0.6) is 0 Å². The van der Waals surface area contributed by atoms with Crippen LogP contribution in [0.4, 0.5) is 16.2 Å². The third-order valence-corrected chi connectivity index (χ3v) is 7.38. The Morgan fingerprint density at radius 2 is 1.58 bits per heavy atom. The van der Waals surface area contributed by atoms with Gasteiger partial charge in [-0.3, -0.25) is 19.4 Å². The molecule has 4 rings (SSSR count). The first kappa shape index (κ1) is 31.8. The quantitative estimate of drug-likeness (QED) is 0.250. The molecule has 0 aliphatic carbocycles. The second kappa shape index (κ2) is 13.0. The molecule has 0 radical (unpaired) electrons. The van der Waals surface area contributed by atoms with Crippen LogP contribution in [0.3, 0.4) is 0 Å². The maximum Gasteiger partial charge on any atom is 0.331 e. The number of fused-ring (bicyclic) bond motifs is 1. The fourth-order valence-electron chi connectivity index (χ4n) is 4.40. The molecule has 0 saturated carbocycles. The molecule has 10 nitrogen and oxygen atoms in total. The van der Waals surface area contributed by atoms with E-state index in [9.17, 15) is 24.3 Å². The van der Waals surface area contributed by atoms with Crippen LogP contribution in [-0.4, -0.2) is 48.9 Å². The SMILES string of the molecule is CN1C(=O)N(c2ccc(C[C@H](NC(=O)c3c(Cl)cccc3Cl)C(=O)OCOC(=O)C(C)(C)C)cc2)C(O)c2ccccc21. The monoisotopic (exact) mass is 627 g/mol. The number of hydrogen-bond acceptors (Lipinski definition) is 7. The third-order valence-electron chi connectivity index (χ3n) is 6.75. The van der Waals surface area contributed by atoms with E-state index in [2.05, 4.69) is 5.32 Å². The van der Waals surface area contributed by atoms with Crippen molar-refractivity contribution in [1.29, 1.82) is 0 Å². The number of rotatable bonds is 8. The van der Waals surface area contributed by atoms with E-state index in [4.69, 9.17) is 32.7 Å². The van der Waals surface area contributed by atoms with Crippen molar-refractivity contribution in [2.75, 3.05) is 23.6 Å². The van der Waals surface area contributed by atoms with E-state index in [0.29, 0.717) is 22.5 Å². The molecule has 3 aromatic carbocycles. The Morgan fingerprint density at radius 1 is 0.953 bits per heavy atom. The molecule has 0 saturated heterocycles. The third kappa shape index (κ3) is 7.10. The van der Waals surface area contributed by atoms with Gasteiger partial charge in [0.25, 0.3) is 5.91 Å². The first-order valence-electron chi connectivity index (χ1n) is 13.3. The fourth-order valence-corrected chi connectivity index (χ4v) is 4.97. The summed E-state index contributed by atoms with van der Waals surface area (Å²) in [4.78, 5) is 54.1. The van der Waals surface area contributed by atoms with Gasteiger partial charge < -0.3 is 19.9 Å². The molecule has 1 heterocycles. The predicted octanol–water partition coefficient (Wildman–Crippen LogP) is 5.49. The number of para-hydroxylation sites is 1. The van der Waals surface area contributed by atoms with Crippen LogP contribution in [0.25, 0.3) is 0 Å². The second-order valence-electron chi connectivity index (χ2n) is 10.9. The highest BCUT2D eigenvalue weighted by molar-refractivity contribution is 6.39. The predicted molar refractivity (Wildman–Crippen MR) is 162 cm³/mol. The Balaban J connectivity index is 1.54. The van der Waals surface area contributed by atoms with Gasteiger partial charge in [0.2, 0.25) is 6.79 Å². The summed E-state index contributed by atoms with van der Waals surface area (Å²) in [6.45, 7) is 4.33. The summed E-state index contributed by atoms with van der Waals surface area (Å²) in [5.41, 5.74) is 1.38. The van der Waals surface area contributed by atoms with E-state index >= 15 is 0 Å². The van der Waals surface area contributed by atoms with Crippen molar-refractivity contribution in [2.45, 2.75) is 39.5 Å². The summed E-state index contributed by atoms with van der Waals surface area (Å²) in [5, 5.41) is 13.8. The molecule has 0 bridgehead atoms. The van der Waals surface area contributed by atoms with Gasteiger partial charge in [-0.1, -0.05) is 59.6 Å². The summed E-state index contributed by atoms with van der Waals surface area (Å²) < 4.78 is 10.2. The molecule has 226 valence electrons. The number of carbonyl (C=O) groups is 4. The fraction of sp³-hybridized carbons (Fsp3) is 0.290. The number of benzene rings is 3. The lowest BCUT2D eigenvalue weighted by atomic mass is 9.98. The van der Waals surface area contributed by atoms with Crippen molar-refractivity contribution in [3.05, 3.63) is 93.5 Å². The van der Waals surface area contributed by atoms with Crippen molar-refractivity contribution >= 4 is 58.5 Å². The summed E-state index contributed by atoms with van der Waals surface area (Å²) in [7, 11) is 1.62. The topological polar surface area (TPSA) is 125 Å². The first-order chi connectivity index (χ1) is 20.3. The lowest BCUT2D eigenvalue weighted by molar-refractivity contribution is -0.174. The average Bonchev–Trinajstić information content (AvgIpc) is 2.96. The lowest BCUT2D eigenvalue weighted by Gasteiger charge is -2.38. The zero-order valence-electron chi connectivity index (χ0n) is 24.0. The number of hydrogen-bond donors (Lipinski definition) is 2. The molecular formula is C31H31Cl2N3O7. The molecule has 12 heteroatoms. The number of anilines is 2. The van der Waals surface area contributed by atoms with E-state index in [1.54, 1.807) is 82.4 Å². The van der Waals surface area contributed by atoms with Crippen LogP contribution in [0.2, 0.25) is 10.0 Å². The van der Waals surface area contributed by atoms with Gasteiger partial charge in [-0.15, -0.1) is 0 Å². The average molecular weight is 629 g/mol. The number of aliphatic hydroxyl groups is 1. The molecular weight excluding hydrogens is 597 g/mol. The zero-order chi connectivity index (χ0) is 31.5. The number of aliphatic hydroxyl groups excluding tert-OH is 1. The number of esters is 2. The Labute approximate surface area is 259 Å².